The van der Waals surface area contributed by atoms with Crippen molar-refractivity contribution in [3.05, 3.63) is 33.8 Å². The van der Waals surface area contributed by atoms with E-state index in [0.29, 0.717) is 0 Å². The number of hydrogen-bond donors (Lipinski definition) is 0. The largest absolute Gasteiger partial charge is 0.0608 e. The smallest absolute Gasteiger partial charge is 0.0210 e. The molecular formula is C12H13Br. The topological polar surface area (TPSA) is 0 Å². The molecule has 0 saturated heterocycles. The van der Waals surface area contributed by atoms with Crippen molar-refractivity contribution >= 4 is 15.9 Å². The zero-order chi connectivity index (χ0) is 8.84. The minimum absolute atomic E-state index is 0.896. The third-order valence-electron chi connectivity index (χ3n) is 3.45. The number of fused-ring (bicyclic) bond motifs is 1. The molecular weight excluding hydrogens is 224 g/mol. The van der Waals surface area contributed by atoms with Gasteiger partial charge in [0, 0.05) is 4.47 Å². The predicted octanol–water partition coefficient (Wildman–Crippen LogP) is 3.89. The van der Waals surface area contributed by atoms with Gasteiger partial charge in [-0.25, -0.2) is 0 Å². The fraction of sp³-hybridized carbons (Fsp3) is 0.500. The monoisotopic (exact) mass is 236 g/mol. The number of hydrogen-bond acceptors (Lipinski definition) is 0. The first-order valence-electron chi connectivity index (χ1n) is 5.13. The van der Waals surface area contributed by atoms with Gasteiger partial charge in [0.25, 0.3) is 0 Å². The fourth-order valence-electron chi connectivity index (χ4n) is 2.63. The average molecular weight is 237 g/mol. The Morgan fingerprint density at radius 3 is 2.77 bits per heavy atom. The molecule has 1 fully saturated rings. The van der Waals surface area contributed by atoms with Crippen LogP contribution in [0.5, 0.6) is 0 Å². The van der Waals surface area contributed by atoms with E-state index in [1.807, 2.05) is 0 Å². The van der Waals surface area contributed by atoms with Crippen LogP contribution in [0.4, 0.5) is 0 Å². The van der Waals surface area contributed by atoms with E-state index in [0.717, 1.165) is 11.8 Å². The molecule has 0 aromatic heterocycles. The summed E-state index contributed by atoms with van der Waals surface area (Å²) in [6.45, 7) is 0. The highest BCUT2D eigenvalue weighted by molar-refractivity contribution is 9.10. The normalized spacial score (nSPS) is 26.1. The van der Waals surface area contributed by atoms with Crippen LogP contribution >= 0.6 is 15.9 Å². The van der Waals surface area contributed by atoms with Gasteiger partial charge in [0.2, 0.25) is 0 Å². The second-order valence-electron chi connectivity index (χ2n) is 4.29. The van der Waals surface area contributed by atoms with Gasteiger partial charge in [-0.15, -0.1) is 0 Å². The summed E-state index contributed by atoms with van der Waals surface area (Å²) in [7, 11) is 0. The van der Waals surface area contributed by atoms with Crippen molar-refractivity contribution in [1.82, 2.24) is 0 Å². The number of halogens is 1. The van der Waals surface area contributed by atoms with Crippen molar-refractivity contribution in [3.63, 3.8) is 0 Å². The Labute approximate surface area is 87.5 Å². The molecule has 0 N–H and O–H groups in total. The van der Waals surface area contributed by atoms with Crippen molar-refractivity contribution in [2.24, 2.45) is 5.92 Å². The van der Waals surface area contributed by atoms with E-state index < -0.39 is 0 Å². The molecule has 0 aliphatic heterocycles. The SMILES string of the molecule is Brc1cccc2c1CCC2C1CC1. The van der Waals surface area contributed by atoms with Crippen LogP contribution in [-0.2, 0) is 6.42 Å². The maximum Gasteiger partial charge on any atom is 0.0210 e. The van der Waals surface area contributed by atoms with E-state index in [1.54, 1.807) is 11.1 Å². The van der Waals surface area contributed by atoms with Gasteiger partial charge in [0.1, 0.15) is 0 Å². The summed E-state index contributed by atoms with van der Waals surface area (Å²) in [6.07, 6.45) is 5.62. The van der Waals surface area contributed by atoms with Crippen molar-refractivity contribution in [2.45, 2.75) is 31.6 Å². The molecule has 0 bridgehead atoms. The summed E-state index contributed by atoms with van der Waals surface area (Å²) in [4.78, 5) is 0. The molecule has 1 unspecified atom stereocenters. The molecule has 3 rings (SSSR count). The molecule has 0 spiro atoms. The lowest BCUT2D eigenvalue weighted by Crippen LogP contribution is -1.94. The van der Waals surface area contributed by atoms with Gasteiger partial charge in [-0.2, -0.15) is 0 Å². The summed E-state index contributed by atoms with van der Waals surface area (Å²) in [5.74, 6) is 1.92. The molecule has 2 aliphatic carbocycles. The maximum absolute atomic E-state index is 3.64. The van der Waals surface area contributed by atoms with Crippen LogP contribution in [0.3, 0.4) is 0 Å². The second kappa shape index (κ2) is 2.84. The third-order valence-corrected chi connectivity index (χ3v) is 4.19. The van der Waals surface area contributed by atoms with Gasteiger partial charge in [0.05, 0.1) is 0 Å². The lowest BCUT2D eigenvalue weighted by atomic mass is 9.96. The predicted molar refractivity (Wildman–Crippen MR) is 57.9 cm³/mol. The van der Waals surface area contributed by atoms with Gasteiger partial charge in [-0.1, -0.05) is 28.1 Å². The maximum atomic E-state index is 3.64. The van der Waals surface area contributed by atoms with Crippen LogP contribution in [0.2, 0.25) is 0 Å². The van der Waals surface area contributed by atoms with Crippen molar-refractivity contribution < 1.29 is 0 Å². The van der Waals surface area contributed by atoms with E-state index in [2.05, 4.69) is 34.1 Å². The highest BCUT2D eigenvalue weighted by Gasteiger charge is 2.36. The van der Waals surface area contributed by atoms with Gasteiger partial charge in [0.15, 0.2) is 0 Å². The highest BCUT2D eigenvalue weighted by Crippen LogP contribution is 2.50. The van der Waals surface area contributed by atoms with Crippen molar-refractivity contribution in [1.29, 1.82) is 0 Å². The van der Waals surface area contributed by atoms with Crippen molar-refractivity contribution in [2.75, 3.05) is 0 Å². The standard InChI is InChI=1S/C12H13Br/c13-12-3-1-2-10-9(8-4-5-8)6-7-11(10)12/h1-3,8-9H,4-7H2. The van der Waals surface area contributed by atoms with E-state index in [-0.39, 0.29) is 0 Å². The molecule has 13 heavy (non-hydrogen) atoms. The van der Waals surface area contributed by atoms with Crippen molar-refractivity contribution in [3.8, 4) is 0 Å². The Kier molecular flexibility index (Phi) is 1.76. The Balaban J connectivity index is 2.05. The Hall–Kier alpha value is -0.300. The van der Waals surface area contributed by atoms with Crippen LogP contribution < -0.4 is 0 Å². The van der Waals surface area contributed by atoms with Crippen LogP contribution in [0.25, 0.3) is 0 Å². The Bertz CT molecular complexity index is 339. The molecule has 1 saturated carbocycles. The van der Waals surface area contributed by atoms with Crippen LogP contribution in [0, 0.1) is 5.92 Å². The highest BCUT2D eigenvalue weighted by atomic mass is 79.9. The molecule has 0 radical (unpaired) electrons. The minimum Gasteiger partial charge on any atom is -0.0608 e. The zero-order valence-electron chi connectivity index (χ0n) is 7.59. The zero-order valence-corrected chi connectivity index (χ0v) is 9.18. The van der Waals surface area contributed by atoms with E-state index in [4.69, 9.17) is 0 Å². The second-order valence-corrected chi connectivity index (χ2v) is 5.14. The van der Waals surface area contributed by atoms with Gasteiger partial charge >= 0.3 is 0 Å². The molecule has 1 heteroatoms. The molecule has 2 aliphatic rings. The molecule has 68 valence electrons. The quantitative estimate of drug-likeness (QED) is 0.695. The molecule has 0 nitrogen and oxygen atoms in total. The van der Waals surface area contributed by atoms with Gasteiger partial charge in [-0.05, 0) is 54.7 Å². The lowest BCUT2D eigenvalue weighted by Gasteiger charge is -2.09. The lowest BCUT2D eigenvalue weighted by molar-refractivity contribution is 0.600. The molecule has 0 amide bonds. The third kappa shape index (κ3) is 1.25. The Morgan fingerprint density at radius 2 is 2.00 bits per heavy atom. The molecule has 1 aromatic rings. The number of benzene rings is 1. The van der Waals surface area contributed by atoms with E-state index in [9.17, 15) is 0 Å². The van der Waals surface area contributed by atoms with Crippen LogP contribution in [0.15, 0.2) is 22.7 Å². The van der Waals surface area contributed by atoms with Gasteiger partial charge < -0.3 is 0 Å². The summed E-state index contributed by atoms with van der Waals surface area (Å²) in [6, 6.07) is 6.69. The first-order chi connectivity index (χ1) is 6.36. The van der Waals surface area contributed by atoms with Crippen LogP contribution in [0.1, 0.15) is 36.3 Å². The average Bonchev–Trinajstić information content (AvgIpc) is 2.87. The summed E-state index contributed by atoms with van der Waals surface area (Å²) >= 11 is 3.64. The van der Waals surface area contributed by atoms with E-state index >= 15 is 0 Å². The summed E-state index contributed by atoms with van der Waals surface area (Å²) in [5.41, 5.74) is 3.22. The minimum atomic E-state index is 0.896. The summed E-state index contributed by atoms with van der Waals surface area (Å²) in [5, 5.41) is 0. The Morgan fingerprint density at radius 1 is 1.15 bits per heavy atom. The first kappa shape index (κ1) is 8.05. The number of rotatable bonds is 1. The molecule has 1 aromatic carbocycles. The molecule has 0 heterocycles. The molecule has 1 atom stereocenters. The van der Waals surface area contributed by atoms with E-state index in [1.165, 1.54) is 30.2 Å². The summed E-state index contributed by atoms with van der Waals surface area (Å²) < 4.78 is 1.33. The fourth-order valence-corrected chi connectivity index (χ4v) is 3.21. The first-order valence-corrected chi connectivity index (χ1v) is 5.93. The van der Waals surface area contributed by atoms with Gasteiger partial charge in [-0.3, -0.25) is 0 Å². The van der Waals surface area contributed by atoms with Crippen LogP contribution in [-0.4, -0.2) is 0 Å².